The van der Waals surface area contributed by atoms with Crippen LogP contribution >= 0.6 is 0 Å². The summed E-state index contributed by atoms with van der Waals surface area (Å²) in [6.45, 7) is 5.23. The van der Waals surface area contributed by atoms with E-state index >= 15 is 0 Å². The number of nitrogens with zero attached hydrogens (tertiary/aromatic N) is 1. The van der Waals surface area contributed by atoms with Gasteiger partial charge in [-0.3, -0.25) is 4.79 Å². The minimum atomic E-state index is -0.175. The number of aryl methyl sites for hydroxylation is 1. The molecule has 1 aromatic heterocycles. The molecule has 0 bridgehead atoms. The number of H-pyrrole nitrogens is 1. The van der Waals surface area contributed by atoms with Crippen molar-refractivity contribution in [3.63, 3.8) is 0 Å². The van der Waals surface area contributed by atoms with E-state index < -0.39 is 0 Å². The van der Waals surface area contributed by atoms with Gasteiger partial charge in [-0.05, 0) is 56.5 Å². The Hall–Kier alpha value is -3.28. The van der Waals surface area contributed by atoms with Crippen LogP contribution in [0, 0.1) is 6.92 Å². The Balaban J connectivity index is 1.60. The van der Waals surface area contributed by atoms with Crippen molar-refractivity contribution in [1.82, 2.24) is 15.2 Å². The molecular weight excluding hydrogens is 414 g/mol. The zero-order valence-electron chi connectivity index (χ0n) is 19.5. The van der Waals surface area contributed by atoms with Crippen LogP contribution in [0.3, 0.4) is 0 Å². The lowest BCUT2D eigenvalue weighted by Gasteiger charge is -2.28. The zero-order chi connectivity index (χ0) is 23.2. The third-order valence-corrected chi connectivity index (χ3v) is 6.28. The van der Waals surface area contributed by atoms with Gasteiger partial charge in [-0.15, -0.1) is 0 Å². The van der Waals surface area contributed by atoms with Crippen molar-refractivity contribution in [2.45, 2.75) is 65.1 Å². The average Bonchev–Trinajstić information content (AvgIpc) is 2.81. The van der Waals surface area contributed by atoms with Crippen LogP contribution in [0.25, 0.3) is 10.9 Å². The van der Waals surface area contributed by atoms with Gasteiger partial charge in [0.15, 0.2) is 0 Å². The highest BCUT2D eigenvalue weighted by atomic mass is 16.5. The Morgan fingerprint density at radius 1 is 1.06 bits per heavy atom. The van der Waals surface area contributed by atoms with E-state index in [4.69, 9.17) is 4.74 Å². The predicted molar refractivity (Wildman–Crippen MR) is 132 cm³/mol. The number of ether oxygens (including phenoxy) is 1. The van der Waals surface area contributed by atoms with Gasteiger partial charge >= 0.3 is 6.03 Å². The fourth-order valence-corrected chi connectivity index (χ4v) is 4.44. The number of amides is 2. The lowest BCUT2D eigenvalue weighted by atomic mass is 9.96. The molecule has 1 aliphatic carbocycles. The summed E-state index contributed by atoms with van der Waals surface area (Å²) in [5.41, 5.74) is 3.35. The number of pyridine rings is 1. The summed E-state index contributed by atoms with van der Waals surface area (Å²) in [5, 5.41) is 4.10. The molecule has 0 unspecified atom stereocenters. The Labute approximate surface area is 195 Å². The van der Waals surface area contributed by atoms with Crippen molar-refractivity contribution >= 4 is 16.9 Å². The highest BCUT2D eigenvalue weighted by Gasteiger charge is 2.21. The molecule has 1 saturated carbocycles. The zero-order valence-corrected chi connectivity index (χ0v) is 19.5. The van der Waals surface area contributed by atoms with Gasteiger partial charge in [0, 0.05) is 29.1 Å². The monoisotopic (exact) mass is 447 g/mol. The maximum absolute atomic E-state index is 13.3. The third kappa shape index (κ3) is 5.95. The van der Waals surface area contributed by atoms with E-state index in [0.717, 1.165) is 47.9 Å². The normalized spacial score (nSPS) is 14.2. The van der Waals surface area contributed by atoms with Crippen LogP contribution in [0.5, 0.6) is 5.75 Å². The van der Waals surface area contributed by atoms with E-state index in [1.807, 2.05) is 62.4 Å². The maximum atomic E-state index is 13.3. The lowest BCUT2D eigenvalue weighted by molar-refractivity contribution is 0.184. The number of rotatable bonds is 7. The average molecular weight is 448 g/mol. The molecule has 174 valence electrons. The quantitative estimate of drug-likeness (QED) is 0.517. The number of fused-ring (bicyclic) bond motifs is 1. The molecule has 0 aliphatic heterocycles. The number of carbonyl (C=O) groups excluding carboxylic acids is 1. The van der Waals surface area contributed by atoms with E-state index in [1.54, 1.807) is 4.90 Å². The first-order valence-electron chi connectivity index (χ1n) is 11.9. The molecule has 2 amide bonds. The molecule has 3 aromatic rings. The third-order valence-electron chi connectivity index (χ3n) is 6.28. The smallest absolute Gasteiger partial charge is 0.318 e. The van der Waals surface area contributed by atoms with Crippen LogP contribution in [0.1, 0.15) is 55.7 Å². The number of hydrogen-bond donors (Lipinski definition) is 2. The second kappa shape index (κ2) is 10.6. The van der Waals surface area contributed by atoms with E-state index in [-0.39, 0.29) is 24.2 Å². The second-order valence-corrected chi connectivity index (χ2v) is 8.93. The Morgan fingerprint density at radius 3 is 2.55 bits per heavy atom. The van der Waals surface area contributed by atoms with Crippen molar-refractivity contribution in [1.29, 1.82) is 0 Å². The standard InChI is InChI=1S/C27H33N3O3/c1-3-33-24-13-14-25-21(16-24)15-22(26(31)29-25)18-30(17-20-11-9-19(2)10-12-20)27(32)28-23-7-5-4-6-8-23/h9-16,23H,3-8,17-18H2,1-2H3,(H,28,32)(H,29,31). The first kappa shape index (κ1) is 22.9. The molecule has 0 spiro atoms. The van der Waals surface area contributed by atoms with Gasteiger partial charge < -0.3 is 19.9 Å². The van der Waals surface area contributed by atoms with Gasteiger partial charge in [-0.2, -0.15) is 0 Å². The number of aromatic amines is 1. The van der Waals surface area contributed by atoms with Crippen molar-refractivity contribution in [2.75, 3.05) is 6.61 Å². The maximum Gasteiger partial charge on any atom is 0.318 e. The topological polar surface area (TPSA) is 74.4 Å². The molecule has 1 aliphatic rings. The van der Waals surface area contributed by atoms with Crippen molar-refractivity contribution in [3.05, 3.63) is 75.6 Å². The van der Waals surface area contributed by atoms with Crippen LogP contribution in [0.15, 0.2) is 53.3 Å². The minimum Gasteiger partial charge on any atom is -0.494 e. The van der Waals surface area contributed by atoms with Crippen molar-refractivity contribution in [2.24, 2.45) is 0 Å². The summed E-state index contributed by atoms with van der Waals surface area (Å²) in [6.07, 6.45) is 5.56. The second-order valence-electron chi connectivity index (χ2n) is 8.93. The molecule has 0 radical (unpaired) electrons. The summed E-state index contributed by atoms with van der Waals surface area (Å²) in [6, 6.07) is 15.7. The summed E-state index contributed by atoms with van der Waals surface area (Å²) >= 11 is 0. The largest absolute Gasteiger partial charge is 0.494 e. The van der Waals surface area contributed by atoms with Crippen LogP contribution in [0.4, 0.5) is 4.79 Å². The molecule has 1 heterocycles. The molecule has 0 atom stereocenters. The lowest BCUT2D eigenvalue weighted by Crippen LogP contribution is -2.45. The number of carbonyl (C=O) groups is 1. The van der Waals surface area contributed by atoms with Crippen LogP contribution < -0.4 is 15.6 Å². The summed E-state index contributed by atoms with van der Waals surface area (Å²) < 4.78 is 5.61. The van der Waals surface area contributed by atoms with E-state index in [0.29, 0.717) is 18.7 Å². The fourth-order valence-electron chi connectivity index (χ4n) is 4.44. The number of benzene rings is 2. The van der Waals surface area contributed by atoms with E-state index in [1.165, 1.54) is 12.0 Å². The molecule has 33 heavy (non-hydrogen) atoms. The molecule has 6 heteroatoms. The molecule has 1 fully saturated rings. The number of urea groups is 1. The highest BCUT2D eigenvalue weighted by Crippen LogP contribution is 2.21. The molecule has 0 saturated heterocycles. The molecular formula is C27H33N3O3. The Kier molecular flexibility index (Phi) is 7.33. The van der Waals surface area contributed by atoms with Gasteiger partial charge in [0.2, 0.25) is 0 Å². The number of aromatic nitrogens is 1. The fraction of sp³-hybridized carbons (Fsp3) is 0.407. The Bertz CT molecular complexity index is 1150. The van der Waals surface area contributed by atoms with Crippen LogP contribution in [0.2, 0.25) is 0 Å². The summed E-state index contributed by atoms with van der Waals surface area (Å²) in [7, 11) is 0. The van der Waals surface area contributed by atoms with Crippen molar-refractivity contribution in [3.8, 4) is 5.75 Å². The van der Waals surface area contributed by atoms with Gasteiger partial charge in [0.1, 0.15) is 5.75 Å². The first-order chi connectivity index (χ1) is 16.0. The summed E-state index contributed by atoms with van der Waals surface area (Å²) in [5.74, 6) is 0.759. The molecule has 6 nitrogen and oxygen atoms in total. The summed E-state index contributed by atoms with van der Waals surface area (Å²) in [4.78, 5) is 30.8. The predicted octanol–water partition coefficient (Wildman–Crippen LogP) is 5.28. The van der Waals surface area contributed by atoms with E-state index in [2.05, 4.69) is 10.3 Å². The van der Waals surface area contributed by atoms with E-state index in [9.17, 15) is 9.59 Å². The number of nitrogens with one attached hydrogen (secondary N) is 2. The molecule has 4 rings (SSSR count). The molecule has 2 aromatic carbocycles. The molecule has 2 N–H and O–H groups in total. The Morgan fingerprint density at radius 2 is 1.82 bits per heavy atom. The SMILES string of the molecule is CCOc1ccc2[nH]c(=O)c(CN(Cc3ccc(C)cc3)C(=O)NC3CCCCC3)cc2c1. The van der Waals surface area contributed by atoms with Gasteiger partial charge in [0.05, 0.1) is 13.2 Å². The first-order valence-corrected chi connectivity index (χ1v) is 11.9. The van der Waals surface area contributed by atoms with Crippen LogP contribution in [-0.2, 0) is 13.1 Å². The van der Waals surface area contributed by atoms with Crippen LogP contribution in [-0.4, -0.2) is 28.6 Å². The highest BCUT2D eigenvalue weighted by molar-refractivity contribution is 5.81. The van der Waals surface area contributed by atoms with Gasteiger partial charge in [0.25, 0.3) is 5.56 Å². The minimum absolute atomic E-state index is 0.120. The van der Waals surface area contributed by atoms with Crippen molar-refractivity contribution < 1.29 is 9.53 Å². The number of hydrogen-bond acceptors (Lipinski definition) is 3. The van der Waals surface area contributed by atoms with Gasteiger partial charge in [-0.25, -0.2) is 4.79 Å². The van der Waals surface area contributed by atoms with Gasteiger partial charge in [-0.1, -0.05) is 49.1 Å².